The van der Waals surface area contributed by atoms with Crippen LogP contribution >= 0.6 is 0 Å². The van der Waals surface area contributed by atoms with Crippen LogP contribution in [0.15, 0.2) is 18.2 Å². The minimum absolute atomic E-state index is 0.0257. The molecule has 166 valence electrons. The Morgan fingerprint density at radius 2 is 1.81 bits per heavy atom. The van der Waals surface area contributed by atoms with Gasteiger partial charge in [-0.25, -0.2) is 0 Å². The molecule has 0 unspecified atom stereocenters. The largest absolute Gasteiger partial charge is 0.353 e. The van der Waals surface area contributed by atoms with Crippen molar-refractivity contribution in [3.63, 3.8) is 0 Å². The number of carbonyl (C=O) groups excluding carboxylic acids is 4. The zero-order chi connectivity index (χ0) is 22.5. The Labute approximate surface area is 179 Å². The van der Waals surface area contributed by atoms with Gasteiger partial charge in [-0.2, -0.15) is 0 Å². The van der Waals surface area contributed by atoms with Gasteiger partial charge in [-0.15, -0.1) is 0 Å². The molecule has 0 radical (unpaired) electrons. The summed E-state index contributed by atoms with van der Waals surface area (Å²) in [7, 11) is 0. The number of benzene rings is 1. The summed E-state index contributed by atoms with van der Waals surface area (Å²) in [6, 6.07) is 3.70. The van der Waals surface area contributed by atoms with Gasteiger partial charge in [0.05, 0.1) is 16.1 Å². The quantitative estimate of drug-likeness (QED) is 0.381. The van der Waals surface area contributed by atoms with Gasteiger partial charge in [0, 0.05) is 50.7 Å². The highest BCUT2D eigenvalue weighted by molar-refractivity contribution is 6.21. The fourth-order valence-electron chi connectivity index (χ4n) is 3.94. The molecule has 10 nitrogen and oxygen atoms in total. The molecule has 0 aliphatic carbocycles. The Hall–Kier alpha value is -3.30. The second-order valence-corrected chi connectivity index (χ2v) is 7.83. The lowest BCUT2D eigenvalue weighted by Gasteiger charge is -2.32. The van der Waals surface area contributed by atoms with Crippen LogP contribution in [0.3, 0.4) is 0 Å². The molecular formula is C21H26N4O6. The number of hydrogen-bond donors (Lipinski definition) is 1. The lowest BCUT2D eigenvalue weighted by Crippen LogP contribution is -2.46. The number of amides is 4. The Kier molecular flexibility index (Phi) is 6.98. The summed E-state index contributed by atoms with van der Waals surface area (Å²) in [5, 5.41) is 13.9. The van der Waals surface area contributed by atoms with E-state index in [2.05, 4.69) is 5.32 Å². The van der Waals surface area contributed by atoms with Gasteiger partial charge in [0.1, 0.15) is 0 Å². The highest BCUT2D eigenvalue weighted by Gasteiger charge is 2.36. The molecule has 0 spiro atoms. The number of nitro groups is 1. The fraction of sp³-hybridized carbons (Fsp3) is 0.524. The van der Waals surface area contributed by atoms with Crippen LogP contribution in [0.25, 0.3) is 0 Å². The molecule has 0 saturated carbocycles. The van der Waals surface area contributed by atoms with E-state index < -0.39 is 16.7 Å². The van der Waals surface area contributed by atoms with Gasteiger partial charge in [0.15, 0.2) is 0 Å². The minimum atomic E-state index is -0.613. The summed E-state index contributed by atoms with van der Waals surface area (Å²) < 4.78 is 0. The van der Waals surface area contributed by atoms with E-state index in [1.165, 1.54) is 12.1 Å². The van der Waals surface area contributed by atoms with E-state index >= 15 is 0 Å². The first-order chi connectivity index (χ1) is 14.8. The molecule has 1 fully saturated rings. The van der Waals surface area contributed by atoms with E-state index in [1.54, 1.807) is 4.90 Å². The van der Waals surface area contributed by atoms with Crippen molar-refractivity contribution < 1.29 is 24.1 Å². The van der Waals surface area contributed by atoms with E-state index in [-0.39, 0.29) is 47.6 Å². The van der Waals surface area contributed by atoms with Crippen molar-refractivity contribution in [2.75, 3.05) is 19.6 Å². The Bertz CT molecular complexity index is 907. The number of likely N-dealkylation sites (tertiary alicyclic amines) is 1. The molecule has 2 aliphatic heterocycles. The SMILES string of the molecule is CCCC(=O)NC1CCN(C(=O)CCCN2C(=O)c3ccc([N+](=O)[O-])cc3C2=O)CC1. The molecule has 1 aromatic rings. The normalized spacial score (nSPS) is 16.4. The van der Waals surface area contributed by atoms with Crippen LogP contribution in [0.5, 0.6) is 0 Å². The monoisotopic (exact) mass is 430 g/mol. The van der Waals surface area contributed by atoms with Crippen molar-refractivity contribution in [1.82, 2.24) is 15.1 Å². The first-order valence-corrected chi connectivity index (χ1v) is 10.5. The average Bonchev–Trinajstić information content (AvgIpc) is 2.98. The summed E-state index contributed by atoms with van der Waals surface area (Å²) in [5.74, 6) is -1.07. The van der Waals surface area contributed by atoms with Crippen LogP contribution in [0.1, 0.15) is 66.2 Å². The molecule has 2 heterocycles. The van der Waals surface area contributed by atoms with E-state index in [1.807, 2.05) is 6.92 Å². The van der Waals surface area contributed by atoms with Gasteiger partial charge < -0.3 is 10.2 Å². The third-order valence-electron chi connectivity index (χ3n) is 5.63. The number of nitrogens with zero attached hydrogens (tertiary/aromatic N) is 3. The molecule has 2 aliphatic rings. The first-order valence-electron chi connectivity index (χ1n) is 10.5. The van der Waals surface area contributed by atoms with Gasteiger partial charge in [0.25, 0.3) is 17.5 Å². The number of imide groups is 1. The van der Waals surface area contributed by atoms with Crippen LogP contribution in [-0.4, -0.2) is 64.0 Å². The molecule has 1 aromatic carbocycles. The lowest BCUT2D eigenvalue weighted by molar-refractivity contribution is -0.384. The van der Waals surface area contributed by atoms with Gasteiger partial charge in [-0.05, 0) is 31.7 Å². The van der Waals surface area contributed by atoms with Crippen LogP contribution in [-0.2, 0) is 9.59 Å². The van der Waals surface area contributed by atoms with Crippen LogP contribution in [0.2, 0.25) is 0 Å². The summed E-state index contributed by atoms with van der Waals surface area (Å²) in [5.41, 5.74) is -0.0712. The Balaban J connectivity index is 1.46. The smallest absolute Gasteiger partial charge is 0.270 e. The maximum Gasteiger partial charge on any atom is 0.270 e. The van der Waals surface area contributed by atoms with Crippen molar-refractivity contribution in [3.05, 3.63) is 39.4 Å². The average molecular weight is 430 g/mol. The highest BCUT2D eigenvalue weighted by atomic mass is 16.6. The number of nitro benzene ring substituents is 1. The number of piperidine rings is 1. The maximum absolute atomic E-state index is 12.5. The number of carbonyl (C=O) groups is 4. The maximum atomic E-state index is 12.5. The van der Waals surface area contributed by atoms with E-state index in [9.17, 15) is 29.3 Å². The number of hydrogen-bond acceptors (Lipinski definition) is 6. The summed E-state index contributed by atoms with van der Waals surface area (Å²) in [6.45, 7) is 3.15. The number of fused-ring (bicyclic) bond motifs is 1. The standard InChI is InChI=1S/C21H26N4O6/c1-2-4-18(26)22-14-8-11-23(12-9-14)19(27)5-3-10-24-20(28)16-7-6-15(25(30)31)13-17(16)21(24)29/h6-7,13-14H,2-5,8-12H2,1H3,(H,22,26). The van der Waals surface area contributed by atoms with Crippen LogP contribution in [0, 0.1) is 10.1 Å². The summed E-state index contributed by atoms with van der Waals surface area (Å²) in [4.78, 5) is 62.2. The molecule has 0 aromatic heterocycles. The van der Waals surface area contributed by atoms with Crippen molar-refractivity contribution in [2.24, 2.45) is 0 Å². The lowest BCUT2D eigenvalue weighted by atomic mass is 10.0. The molecule has 4 amide bonds. The van der Waals surface area contributed by atoms with Crippen LogP contribution in [0.4, 0.5) is 5.69 Å². The Morgan fingerprint density at radius 3 is 2.45 bits per heavy atom. The zero-order valence-electron chi connectivity index (χ0n) is 17.5. The minimum Gasteiger partial charge on any atom is -0.353 e. The third kappa shape index (κ3) is 5.07. The van der Waals surface area contributed by atoms with Crippen molar-refractivity contribution in [3.8, 4) is 0 Å². The van der Waals surface area contributed by atoms with Gasteiger partial charge in [0.2, 0.25) is 11.8 Å². The summed E-state index contributed by atoms with van der Waals surface area (Å²) in [6.07, 6.45) is 3.23. The molecule has 10 heteroatoms. The number of rotatable bonds is 8. The molecule has 0 atom stereocenters. The van der Waals surface area contributed by atoms with Crippen molar-refractivity contribution in [2.45, 2.75) is 51.5 Å². The second-order valence-electron chi connectivity index (χ2n) is 7.83. The van der Waals surface area contributed by atoms with E-state index in [0.29, 0.717) is 38.8 Å². The predicted molar refractivity (Wildman–Crippen MR) is 110 cm³/mol. The number of non-ortho nitro benzene ring substituents is 1. The molecule has 1 saturated heterocycles. The van der Waals surface area contributed by atoms with Gasteiger partial charge in [-0.1, -0.05) is 6.92 Å². The Morgan fingerprint density at radius 1 is 1.13 bits per heavy atom. The predicted octanol–water partition coefficient (Wildman–Crippen LogP) is 1.88. The molecule has 0 bridgehead atoms. The van der Waals surface area contributed by atoms with Crippen molar-refractivity contribution in [1.29, 1.82) is 0 Å². The molecular weight excluding hydrogens is 404 g/mol. The molecule has 3 rings (SSSR count). The van der Waals surface area contributed by atoms with E-state index in [4.69, 9.17) is 0 Å². The molecule has 1 N–H and O–H groups in total. The number of nitrogens with one attached hydrogen (secondary N) is 1. The first kappa shape index (κ1) is 22.4. The third-order valence-corrected chi connectivity index (χ3v) is 5.63. The van der Waals surface area contributed by atoms with Gasteiger partial charge >= 0.3 is 0 Å². The summed E-state index contributed by atoms with van der Waals surface area (Å²) >= 11 is 0. The van der Waals surface area contributed by atoms with Gasteiger partial charge in [-0.3, -0.25) is 34.2 Å². The topological polar surface area (TPSA) is 130 Å². The zero-order valence-corrected chi connectivity index (χ0v) is 17.5. The van der Waals surface area contributed by atoms with Crippen molar-refractivity contribution >= 4 is 29.3 Å². The second kappa shape index (κ2) is 9.67. The fourth-order valence-corrected chi connectivity index (χ4v) is 3.94. The van der Waals surface area contributed by atoms with Crippen LogP contribution < -0.4 is 5.32 Å². The molecule has 31 heavy (non-hydrogen) atoms. The van der Waals surface area contributed by atoms with E-state index in [0.717, 1.165) is 17.4 Å². The highest BCUT2D eigenvalue weighted by Crippen LogP contribution is 2.27.